The van der Waals surface area contributed by atoms with Crippen LogP contribution in [0.3, 0.4) is 0 Å². The molecule has 3 heterocycles. The van der Waals surface area contributed by atoms with Gasteiger partial charge >= 0.3 is 0 Å². The first-order valence-electron chi connectivity index (χ1n) is 10.7. The summed E-state index contributed by atoms with van der Waals surface area (Å²) in [6.45, 7) is 2.14. The number of nitrogens with one attached hydrogen (secondary N) is 1. The average molecular weight is 405 g/mol. The molecule has 1 aliphatic carbocycles. The van der Waals surface area contributed by atoms with Crippen molar-refractivity contribution in [1.82, 2.24) is 20.3 Å². The van der Waals surface area contributed by atoms with Crippen LogP contribution in [-0.2, 0) is 0 Å². The first-order chi connectivity index (χ1) is 14.7. The summed E-state index contributed by atoms with van der Waals surface area (Å²) >= 11 is 0. The summed E-state index contributed by atoms with van der Waals surface area (Å²) in [6, 6.07) is 9.90. The number of ether oxygens (including phenoxy) is 1. The lowest BCUT2D eigenvalue weighted by Gasteiger charge is -2.34. The standard InChI is InChI=1S/C24H28N4O2/c1-3-21(28-24(29)18-10-11-22(30-2)27-15-18)17-8-6-16(7-9-17)19-12-14-26-23-20(19)5-4-13-25-23/h4-5,10-17,21H,3,6-9H2,1-2H3,(H,28,29)/t16-,17+,21-/m0/s1. The molecule has 1 fully saturated rings. The highest BCUT2D eigenvalue weighted by Crippen LogP contribution is 2.39. The fourth-order valence-corrected chi connectivity index (χ4v) is 4.63. The summed E-state index contributed by atoms with van der Waals surface area (Å²) < 4.78 is 5.07. The van der Waals surface area contributed by atoms with Crippen molar-refractivity contribution in [2.45, 2.75) is 51.0 Å². The van der Waals surface area contributed by atoms with Crippen molar-refractivity contribution in [3.8, 4) is 5.88 Å². The number of hydrogen-bond donors (Lipinski definition) is 1. The molecule has 30 heavy (non-hydrogen) atoms. The normalized spacial score (nSPS) is 19.9. The number of hydrogen-bond acceptors (Lipinski definition) is 5. The molecule has 0 bridgehead atoms. The Bertz CT molecular complexity index is 992. The van der Waals surface area contributed by atoms with Crippen molar-refractivity contribution < 1.29 is 9.53 Å². The smallest absolute Gasteiger partial charge is 0.253 e. The molecule has 156 valence electrons. The molecular formula is C24H28N4O2. The number of carbonyl (C=O) groups is 1. The van der Waals surface area contributed by atoms with Gasteiger partial charge in [0.15, 0.2) is 5.65 Å². The molecule has 6 heteroatoms. The van der Waals surface area contributed by atoms with Gasteiger partial charge in [0.1, 0.15) is 0 Å². The van der Waals surface area contributed by atoms with Gasteiger partial charge in [-0.25, -0.2) is 15.0 Å². The van der Waals surface area contributed by atoms with Gasteiger partial charge in [0.25, 0.3) is 5.91 Å². The third-order valence-electron chi connectivity index (χ3n) is 6.29. The Labute approximate surface area is 177 Å². The number of carbonyl (C=O) groups excluding carboxylic acids is 1. The van der Waals surface area contributed by atoms with E-state index in [0.717, 1.165) is 43.1 Å². The van der Waals surface area contributed by atoms with Crippen molar-refractivity contribution in [3.05, 3.63) is 60.0 Å². The lowest BCUT2D eigenvalue weighted by molar-refractivity contribution is 0.0909. The molecule has 3 aromatic heterocycles. The van der Waals surface area contributed by atoms with Crippen LogP contribution in [0, 0.1) is 5.92 Å². The molecule has 1 aliphatic rings. The molecule has 1 saturated carbocycles. The van der Waals surface area contributed by atoms with Crippen molar-refractivity contribution in [1.29, 1.82) is 0 Å². The van der Waals surface area contributed by atoms with E-state index in [1.807, 2.05) is 12.3 Å². The van der Waals surface area contributed by atoms with E-state index in [2.05, 4.69) is 39.3 Å². The SMILES string of the molecule is CC[C@H](NC(=O)c1ccc(OC)nc1)[C@H]1CC[C@@H](c2ccnc3ncccc32)CC1. The number of aromatic nitrogens is 3. The van der Waals surface area contributed by atoms with Crippen LogP contribution in [0.2, 0.25) is 0 Å². The van der Waals surface area contributed by atoms with Crippen LogP contribution in [-0.4, -0.2) is 34.0 Å². The summed E-state index contributed by atoms with van der Waals surface area (Å²) in [6.07, 6.45) is 10.6. The topological polar surface area (TPSA) is 77.0 Å². The zero-order chi connectivity index (χ0) is 20.9. The maximum Gasteiger partial charge on any atom is 0.253 e. The predicted octanol–water partition coefficient (Wildman–Crippen LogP) is 4.52. The van der Waals surface area contributed by atoms with Crippen LogP contribution in [0.5, 0.6) is 5.88 Å². The van der Waals surface area contributed by atoms with Gasteiger partial charge in [0.2, 0.25) is 5.88 Å². The third-order valence-corrected chi connectivity index (χ3v) is 6.29. The second kappa shape index (κ2) is 9.20. The number of nitrogens with zero attached hydrogens (tertiary/aromatic N) is 3. The second-order valence-corrected chi connectivity index (χ2v) is 7.96. The van der Waals surface area contributed by atoms with Crippen molar-refractivity contribution in [2.75, 3.05) is 7.11 Å². The lowest BCUT2D eigenvalue weighted by atomic mass is 9.75. The van der Waals surface area contributed by atoms with Crippen LogP contribution in [0.1, 0.15) is 60.9 Å². The number of pyridine rings is 3. The van der Waals surface area contributed by atoms with Gasteiger partial charge in [-0.15, -0.1) is 0 Å². The van der Waals surface area contributed by atoms with Crippen LogP contribution >= 0.6 is 0 Å². The molecule has 3 aromatic rings. The average Bonchev–Trinajstić information content (AvgIpc) is 2.82. The molecule has 0 aliphatic heterocycles. The fraction of sp³-hybridized carbons (Fsp3) is 0.417. The Morgan fingerprint density at radius 1 is 1.10 bits per heavy atom. The Morgan fingerprint density at radius 3 is 2.60 bits per heavy atom. The van der Waals surface area contributed by atoms with Crippen LogP contribution in [0.25, 0.3) is 11.0 Å². The summed E-state index contributed by atoms with van der Waals surface area (Å²) in [5.74, 6) is 1.46. The van der Waals surface area contributed by atoms with Crippen LogP contribution in [0.4, 0.5) is 0 Å². The highest BCUT2D eigenvalue weighted by atomic mass is 16.5. The largest absolute Gasteiger partial charge is 0.481 e. The van der Waals surface area contributed by atoms with Gasteiger partial charge < -0.3 is 10.1 Å². The van der Waals surface area contributed by atoms with E-state index >= 15 is 0 Å². The van der Waals surface area contributed by atoms with Gasteiger partial charge in [0.05, 0.1) is 12.7 Å². The van der Waals surface area contributed by atoms with Crippen LogP contribution < -0.4 is 10.1 Å². The van der Waals surface area contributed by atoms with Gasteiger partial charge in [0, 0.05) is 36.1 Å². The van der Waals surface area contributed by atoms with E-state index in [9.17, 15) is 4.79 Å². The fourth-order valence-electron chi connectivity index (χ4n) is 4.63. The number of rotatable bonds is 6. The molecule has 0 radical (unpaired) electrons. The summed E-state index contributed by atoms with van der Waals surface area (Å²) in [7, 11) is 1.57. The highest BCUT2D eigenvalue weighted by molar-refractivity contribution is 5.94. The zero-order valence-corrected chi connectivity index (χ0v) is 17.5. The second-order valence-electron chi connectivity index (χ2n) is 7.96. The first kappa shape index (κ1) is 20.3. The van der Waals surface area contributed by atoms with E-state index in [-0.39, 0.29) is 11.9 Å². The van der Waals surface area contributed by atoms with Crippen molar-refractivity contribution >= 4 is 16.9 Å². The quantitative estimate of drug-likeness (QED) is 0.654. The Kier molecular flexibility index (Phi) is 6.21. The van der Waals surface area contributed by atoms with E-state index in [1.54, 1.807) is 31.6 Å². The summed E-state index contributed by atoms with van der Waals surface area (Å²) in [5, 5.41) is 4.40. The Balaban J connectivity index is 1.40. The number of amides is 1. The monoisotopic (exact) mass is 404 g/mol. The molecule has 6 nitrogen and oxygen atoms in total. The minimum Gasteiger partial charge on any atom is -0.481 e. The van der Waals surface area contributed by atoms with Gasteiger partial charge in [-0.3, -0.25) is 4.79 Å². The first-order valence-corrected chi connectivity index (χ1v) is 10.7. The molecule has 1 atom stereocenters. The predicted molar refractivity (Wildman–Crippen MR) is 117 cm³/mol. The molecule has 0 aromatic carbocycles. The Hall–Kier alpha value is -3.02. The van der Waals surface area contributed by atoms with Crippen molar-refractivity contribution in [3.63, 3.8) is 0 Å². The maximum atomic E-state index is 12.7. The maximum absolute atomic E-state index is 12.7. The zero-order valence-electron chi connectivity index (χ0n) is 17.5. The lowest BCUT2D eigenvalue weighted by Crippen LogP contribution is -2.41. The van der Waals surface area contributed by atoms with E-state index < -0.39 is 0 Å². The molecule has 1 N–H and O–H groups in total. The van der Waals surface area contributed by atoms with E-state index in [0.29, 0.717) is 23.3 Å². The third kappa shape index (κ3) is 4.27. The number of methoxy groups -OCH3 is 1. The highest BCUT2D eigenvalue weighted by Gasteiger charge is 2.29. The molecule has 0 saturated heterocycles. The Morgan fingerprint density at radius 2 is 1.90 bits per heavy atom. The van der Waals surface area contributed by atoms with Gasteiger partial charge in [-0.2, -0.15) is 0 Å². The van der Waals surface area contributed by atoms with Crippen LogP contribution in [0.15, 0.2) is 48.9 Å². The van der Waals surface area contributed by atoms with Crippen molar-refractivity contribution in [2.24, 2.45) is 5.92 Å². The minimum atomic E-state index is -0.0645. The molecule has 4 rings (SSSR count). The minimum absolute atomic E-state index is 0.0645. The molecule has 0 unspecified atom stereocenters. The molecule has 1 amide bonds. The molecule has 0 spiro atoms. The van der Waals surface area contributed by atoms with E-state index in [1.165, 1.54) is 5.56 Å². The summed E-state index contributed by atoms with van der Waals surface area (Å²) in [5.41, 5.74) is 2.75. The summed E-state index contributed by atoms with van der Waals surface area (Å²) in [4.78, 5) is 25.6. The molecular weight excluding hydrogens is 376 g/mol. The van der Waals surface area contributed by atoms with Gasteiger partial charge in [-0.05, 0) is 73.8 Å². The van der Waals surface area contributed by atoms with Gasteiger partial charge in [-0.1, -0.05) is 6.92 Å². The number of fused-ring (bicyclic) bond motifs is 1. The van der Waals surface area contributed by atoms with E-state index in [4.69, 9.17) is 4.74 Å².